The normalized spacial score (nSPS) is 16.1. The highest BCUT2D eigenvalue weighted by molar-refractivity contribution is 7.47. The van der Waals surface area contributed by atoms with Crippen molar-refractivity contribution in [2.75, 3.05) is 26.4 Å². The van der Waals surface area contributed by atoms with Crippen LogP contribution in [0.5, 0.6) is 0 Å². The van der Waals surface area contributed by atoms with Crippen LogP contribution in [0.15, 0.2) is 12.2 Å². The summed E-state index contributed by atoms with van der Waals surface area (Å²) in [6.07, 6.45) is 16.9. The Morgan fingerprint density at radius 2 is 1.19 bits per heavy atom. The van der Waals surface area contributed by atoms with Crippen molar-refractivity contribution in [1.29, 1.82) is 0 Å². The summed E-state index contributed by atoms with van der Waals surface area (Å²) in [5.74, 6) is -0.406. The summed E-state index contributed by atoms with van der Waals surface area (Å²) in [4.78, 5) is 52.5. The predicted molar refractivity (Wildman–Crippen MR) is 205 cm³/mol. The van der Waals surface area contributed by atoms with E-state index in [1.165, 1.54) is 25.7 Å². The van der Waals surface area contributed by atoms with Crippen LogP contribution in [-0.2, 0) is 41.8 Å². The van der Waals surface area contributed by atoms with Gasteiger partial charge in [0.15, 0.2) is 6.10 Å². The van der Waals surface area contributed by atoms with Crippen molar-refractivity contribution >= 4 is 27.6 Å². The molecule has 2 unspecified atom stereocenters. The van der Waals surface area contributed by atoms with E-state index in [1.54, 1.807) is 0 Å². The highest BCUT2D eigenvalue weighted by Gasteiger charge is 2.28. The smallest absolute Gasteiger partial charge is 0.462 e. The fourth-order valence-electron chi connectivity index (χ4n) is 5.29. The van der Waals surface area contributed by atoms with E-state index in [2.05, 4.69) is 29.8 Å². The topological polar surface area (TPSA) is 236 Å². The van der Waals surface area contributed by atoms with Crippen molar-refractivity contribution in [2.24, 2.45) is 5.92 Å². The molecule has 0 aromatic rings. The molecule has 15 nitrogen and oxygen atoms in total. The van der Waals surface area contributed by atoms with E-state index < -0.39 is 78.4 Å². The lowest BCUT2D eigenvalue weighted by Crippen LogP contribution is -2.30. The molecule has 0 aliphatic carbocycles. The Hall–Kier alpha value is -1.22. The van der Waals surface area contributed by atoms with Crippen LogP contribution in [0.3, 0.4) is 0 Å². The van der Waals surface area contributed by atoms with Crippen molar-refractivity contribution in [3.63, 3.8) is 0 Å². The molecule has 0 saturated heterocycles. The largest absolute Gasteiger partial charge is 0.472 e. The first-order chi connectivity index (χ1) is 25.6. The zero-order valence-corrected chi connectivity index (χ0v) is 34.8. The molecule has 0 aliphatic heterocycles. The minimum absolute atomic E-state index is 0.0345. The maximum atomic E-state index is 12.6. The molecule has 0 rings (SSSR count). The van der Waals surface area contributed by atoms with Gasteiger partial charge in [-0.15, -0.1) is 0 Å². The Morgan fingerprint density at radius 1 is 0.630 bits per heavy atom. The molecule has 17 heteroatoms. The van der Waals surface area contributed by atoms with Crippen LogP contribution >= 0.6 is 15.6 Å². The van der Waals surface area contributed by atoms with Gasteiger partial charge in [-0.2, -0.15) is 0 Å². The molecule has 0 aliphatic rings. The number of ether oxygens (including phenoxy) is 2. The number of carbonyl (C=O) groups is 2. The number of unbranched alkanes of at least 4 members (excludes halogenated alkanes) is 12. The summed E-state index contributed by atoms with van der Waals surface area (Å²) in [5, 5.41) is 30.1. The lowest BCUT2D eigenvalue weighted by atomic mass is 10.00. The number of carbonyl (C=O) groups excluding carboxylic acids is 2. The molecular formula is C37H72O15P2. The van der Waals surface area contributed by atoms with Gasteiger partial charge in [-0.05, 0) is 44.4 Å². The number of allylic oxidation sites excluding steroid dienone is 1. The summed E-state index contributed by atoms with van der Waals surface area (Å²) in [7, 11) is -9.71. The summed E-state index contributed by atoms with van der Waals surface area (Å²) < 4.78 is 47.5. The summed E-state index contributed by atoms with van der Waals surface area (Å²) in [6, 6.07) is 0. The van der Waals surface area contributed by atoms with Gasteiger partial charge in [-0.3, -0.25) is 23.2 Å². The highest BCUT2D eigenvalue weighted by atomic mass is 31.2. The second kappa shape index (κ2) is 32.8. The molecular weight excluding hydrogens is 746 g/mol. The van der Waals surface area contributed by atoms with Gasteiger partial charge in [-0.25, -0.2) is 9.13 Å². The van der Waals surface area contributed by atoms with Crippen LogP contribution in [0, 0.1) is 5.92 Å². The van der Waals surface area contributed by atoms with E-state index in [9.17, 15) is 38.9 Å². The van der Waals surface area contributed by atoms with E-state index in [0.29, 0.717) is 32.1 Å². The molecule has 0 aromatic heterocycles. The monoisotopic (exact) mass is 818 g/mol. The van der Waals surface area contributed by atoms with Crippen LogP contribution in [0.4, 0.5) is 0 Å². The Morgan fingerprint density at radius 3 is 1.80 bits per heavy atom. The lowest BCUT2D eigenvalue weighted by Gasteiger charge is -2.20. The van der Waals surface area contributed by atoms with E-state index in [0.717, 1.165) is 70.1 Å². The molecule has 0 spiro atoms. The Kier molecular flexibility index (Phi) is 32.1. The molecule has 6 N–H and O–H groups in total. The molecule has 0 amide bonds. The predicted octanol–water partition coefficient (Wildman–Crippen LogP) is 7.19. The van der Waals surface area contributed by atoms with Crippen molar-refractivity contribution in [2.45, 2.75) is 180 Å². The van der Waals surface area contributed by atoms with Crippen LogP contribution in [0.2, 0.25) is 0 Å². The van der Waals surface area contributed by atoms with E-state index >= 15 is 0 Å². The fourth-order valence-corrected chi connectivity index (χ4v) is 6.44. The molecule has 6 atom stereocenters. The molecule has 0 heterocycles. The first-order valence-electron chi connectivity index (χ1n) is 19.9. The molecule has 0 bridgehead atoms. The van der Waals surface area contributed by atoms with E-state index in [4.69, 9.17) is 23.8 Å². The Bertz CT molecular complexity index is 1070. The van der Waals surface area contributed by atoms with Gasteiger partial charge < -0.3 is 39.5 Å². The van der Waals surface area contributed by atoms with E-state index in [-0.39, 0.29) is 12.8 Å². The SMILES string of the molecule is CCCCC/C=C\C[C@H](O)[C@@H](O)CCCCCCCC(=O)O[C@H](COC(=O)CCCCCCCCC(C)CC)COP(=O)(O)OC[C@@H](O)COP(=O)(O)O. The molecule has 0 fully saturated rings. The highest BCUT2D eigenvalue weighted by Crippen LogP contribution is 2.43. The fraction of sp³-hybridized carbons (Fsp3) is 0.892. The number of rotatable bonds is 37. The molecule has 320 valence electrons. The Labute approximate surface area is 323 Å². The summed E-state index contributed by atoms with van der Waals surface area (Å²) >= 11 is 0. The average Bonchev–Trinajstić information content (AvgIpc) is 3.12. The zero-order valence-electron chi connectivity index (χ0n) is 33.0. The molecule has 0 aromatic carbocycles. The second-order valence-electron chi connectivity index (χ2n) is 14.1. The molecule has 0 saturated carbocycles. The van der Waals surface area contributed by atoms with Crippen LogP contribution in [0.25, 0.3) is 0 Å². The van der Waals surface area contributed by atoms with Gasteiger partial charge in [0.05, 0.1) is 32.0 Å². The Balaban J connectivity index is 4.69. The van der Waals surface area contributed by atoms with Crippen LogP contribution in [-0.4, -0.2) is 92.8 Å². The van der Waals surface area contributed by atoms with Gasteiger partial charge in [0.25, 0.3) is 0 Å². The maximum absolute atomic E-state index is 12.6. The third-order valence-electron chi connectivity index (χ3n) is 8.89. The standard InChI is InChI=1S/C37H72O15P2/c1-4-6-7-8-13-18-23-34(39)35(40)24-19-14-11-16-21-26-37(42)52-33(30-51-54(46,47)50-28-32(38)27-49-53(43,44)45)29-48-36(41)25-20-15-10-9-12-17-22-31(3)5-2/h13,18,31-35,38-40H,4-12,14-17,19-30H2,1-3H3,(H,46,47)(H2,43,44,45)/b18-13-/t31?,32-,33+,34-,35-/m0/s1. The molecule has 0 radical (unpaired) electrons. The van der Waals surface area contributed by atoms with Crippen molar-refractivity contribution in [3.8, 4) is 0 Å². The zero-order chi connectivity index (χ0) is 40.7. The summed E-state index contributed by atoms with van der Waals surface area (Å²) in [5.41, 5.74) is 0. The number of phosphoric acid groups is 2. The van der Waals surface area contributed by atoms with Crippen LogP contribution < -0.4 is 0 Å². The number of hydrogen-bond donors (Lipinski definition) is 6. The van der Waals surface area contributed by atoms with Crippen molar-refractivity contribution in [3.05, 3.63) is 12.2 Å². The lowest BCUT2D eigenvalue weighted by molar-refractivity contribution is -0.161. The third-order valence-corrected chi connectivity index (χ3v) is 10.3. The number of aliphatic hydroxyl groups excluding tert-OH is 3. The van der Waals surface area contributed by atoms with Gasteiger partial charge in [0.1, 0.15) is 12.7 Å². The van der Waals surface area contributed by atoms with Crippen molar-refractivity contribution < 1.29 is 71.8 Å². The number of phosphoric ester groups is 2. The first kappa shape index (κ1) is 52.8. The summed E-state index contributed by atoms with van der Waals surface area (Å²) in [6.45, 7) is 3.75. The van der Waals surface area contributed by atoms with Gasteiger partial charge in [0.2, 0.25) is 0 Å². The van der Waals surface area contributed by atoms with E-state index in [1.807, 2.05) is 12.2 Å². The van der Waals surface area contributed by atoms with Gasteiger partial charge >= 0.3 is 27.6 Å². The van der Waals surface area contributed by atoms with Crippen LogP contribution in [0.1, 0.15) is 156 Å². The van der Waals surface area contributed by atoms with Crippen molar-refractivity contribution in [1.82, 2.24) is 0 Å². The number of esters is 2. The minimum Gasteiger partial charge on any atom is -0.462 e. The first-order valence-corrected chi connectivity index (χ1v) is 23.0. The average molecular weight is 819 g/mol. The van der Waals surface area contributed by atoms with Gasteiger partial charge in [0, 0.05) is 12.8 Å². The number of aliphatic hydroxyl groups is 3. The number of hydrogen-bond acceptors (Lipinski definition) is 12. The minimum atomic E-state index is -4.88. The molecule has 54 heavy (non-hydrogen) atoms. The maximum Gasteiger partial charge on any atom is 0.472 e. The quantitative estimate of drug-likeness (QED) is 0.0157. The second-order valence-corrected chi connectivity index (χ2v) is 16.8. The third kappa shape index (κ3) is 34.1. The van der Waals surface area contributed by atoms with Gasteiger partial charge in [-0.1, -0.05) is 116 Å².